The Morgan fingerprint density at radius 2 is 2.12 bits per heavy atom. The van der Waals surface area contributed by atoms with Gasteiger partial charge in [0.15, 0.2) is 0 Å². The number of amides is 2. The Hall–Kier alpha value is -1.28. The lowest BCUT2D eigenvalue weighted by Gasteiger charge is -2.28. The molecule has 0 aliphatic carbocycles. The summed E-state index contributed by atoms with van der Waals surface area (Å²) in [7, 11) is 0. The molecule has 1 saturated heterocycles. The van der Waals surface area contributed by atoms with Gasteiger partial charge in [-0.1, -0.05) is 0 Å². The second-order valence-electron chi connectivity index (χ2n) is 6.93. The van der Waals surface area contributed by atoms with Crippen LogP contribution in [0.1, 0.15) is 49.7 Å². The van der Waals surface area contributed by atoms with E-state index in [0.29, 0.717) is 23.7 Å². The van der Waals surface area contributed by atoms with Crippen LogP contribution >= 0.6 is 27.3 Å². The smallest absolute Gasteiger partial charge is 0.410 e. The van der Waals surface area contributed by atoms with Gasteiger partial charge in [0.2, 0.25) is 0 Å². The molecule has 2 heterocycles. The minimum Gasteiger partial charge on any atom is -0.444 e. The number of nitrogens with one attached hydrogen (secondary N) is 1. The van der Waals surface area contributed by atoms with Crippen molar-refractivity contribution in [1.82, 2.24) is 10.2 Å². The first-order chi connectivity index (χ1) is 11.2. The number of carbonyl (C=O) groups excluding carboxylic acids is 2. The van der Waals surface area contributed by atoms with Gasteiger partial charge >= 0.3 is 6.09 Å². The van der Waals surface area contributed by atoms with Crippen molar-refractivity contribution >= 4 is 45.0 Å². The van der Waals surface area contributed by atoms with Crippen LogP contribution in [-0.2, 0) is 4.74 Å². The van der Waals surface area contributed by atoms with Gasteiger partial charge in [-0.05, 0) is 62.0 Å². The van der Waals surface area contributed by atoms with Gasteiger partial charge in [-0.15, -0.1) is 11.3 Å². The summed E-state index contributed by atoms with van der Waals surface area (Å²) in [5.41, 5.74) is 5.79. The highest BCUT2D eigenvalue weighted by molar-refractivity contribution is 9.11. The largest absolute Gasteiger partial charge is 0.444 e. The third kappa shape index (κ3) is 5.37. The van der Waals surface area contributed by atoms with Crippen molar-refractivity contribution in [3.05, 3.63) is 14.7 Å². The lowest BCUT2D eigenvalue weighted by Crippen LogP contribution is -2.46. The van der Waals surface area contributed by atoms with E-state index in [2.05, 4.69) is 21.2 Å². The molecule has 0 spiro atoms. The van der Waals surface area contributed by atoms with Gasteiger partial charge in [-0.25, -0.2) is 4.79 Å². The molecule has 6 nitrogen and oxygen atoms in total. The normalized spacial score (nSPS) is 18.8. The summed E-state index contributed by atoms with van der Waals surface area (Å²) in [6, 6.07) is 1.62. The number of anilines is 1. The van der Waals surface area contributed by atoms with Crippen molar-refractivity contribution in [3.63, 3.8) is 0 Å². The fourth-order valence-electron chi connectivity index (χ4n) is 2.55. The van der Waals surface area contributed by atoms with Gasteiger partial charge in [-0.3, -0.25) is 4.79 Å². The zero-order valence-corrected chi connectivity index (χ0v) is 16.6. The number of nitrogens with two attached hydrogens (primary N) is 1. The van der Waals surface area contributed by atoms with E-state index in [0.717, 1.165) is 23.0 Å². The Labute approximate surface area is 154 Å². The zero-order chi connectivity index (χ0) is 17.9. The third-order valence-corrected chi connectivity index (χ3v) is 5.25. The monoisotopic (exact) mass is 417 g/mol. The maximum absolute atomic E-state index is 12.4. The number of nitrogen functional groups attached to an aromatic ring is 1. The van der Waals surface area contributed by atoms with E-state index < -0.39 is 5.60 Å². The molecule has 0 unspecified atom stereocenters. The van der Waals surface area contributed by atoms with Gasteiger partial charge in [-0.2, -0.15) is 0 Å². The predicted octanol–water partition coefficient (Wildman–Crippen LogP) is 3.61. The molecule has 0 radical (unpaired) electrons. The number of rotatable bonds is 2. The van der Waals surface area contributed by atoms with Crippen molar-refractivity contribution in [2.24, 2.45) is 0 Å². The van der Waals surface area contributed by atoms with Crippen molar-refractivity contribution in [2.45, 2.75) is 51.7 Å². The molecule has 24 heavy (non-hydrogen) atoms. The van der Waals surface area contributed by atoms with Crippen molar-refractivity contribution < 1.29 is 14.3 Å². The molecule has 8 heteroatoms. The topological polar surface area (TPSA) is 84.7 Å². The fourth-order valence-corrected chi connectivity index (χ4v) is 4.00. The van der Waals surface area contributed by atoms with Gasteiger partial charge < -0.3 is 20.7 Å². The van der Waals surface area contributed by atoms with E-state index >= 15 is 0 Å². The summed E-state index contributed by atoms with van der Waals surface area (Å²) in [4.78, 5) is 26.9. The summed E-state index contributed by atoms with van der Waals surface area (Å²) < 4.78 is 6.26. The first-order valence-corrected chi connectivity index (χ1v) is 9.60. The molecule has 2 rings (SSSR count). The van der Waals surface area contributed by atoms with Crippen molar-refractivity contribution in [3.8, 4) is 0 Å². The number of hydrogen-bond acceptors (Lipinski definition) is 5. The van der Waals surface area contributed by atoms with E-state index in [1.807, 2.05) is 20.8 Å². The fraction of sp³-hybridized carbons (Fsp3) is 0.625. The molecule has 0 bridgehead atoms. The molecular weight excluding hydrogens is 394 g/mol. The van der Waals surface area contributed by atoms with Crippen LogP contribution in [0.15, 0.2) is 9.85 Å². The summed E-state index contributed by atoms with van der Waals surface area (Å²) in [6.45, 7) is 6.64. The molecule has 1 atom stereocenters. The van der Waals surface area contributed by atoms with Crippen LogP contribution in [0.3, 0.4) is 0 Å². The highest BCUT2D eigenvalue weighted by Crippen LogP contribution is 2.29. The SMILES string of the molecule is CC(C)(C)OC(=O)N1CCCC[C@H](NC(=O)c2sc(Br)cc2N)C1. The Morgan fingerprint density at radius 1 is 1.42 bits per heavy atom. The van der Waals surface area contributed by atoms with E-state index in [-0.39, 0.29) is 18.0 Å². The van der Waals surface area contributed by atoms with Gasteiger partial charge in [0, 0.05) is 19.1 Å². The molecule has 1 fully saturated rings. The van der Waals surface area contributed by atoms with Crippen LogP contribution in [-0.4, -0.2) is 41.6 Å². The second kappa shape index (κ2) is 7.74. The summed E-state index contributed by atoms with van der Waals surface area (Å²) in [5.74, 6) is -0.195. The number of hydrogen-bond donors (Lipinski definition) is 2. The van der Waals surface area contributed by atoms with Gasteiger partial charge in [0.1, 0.15) is 10.5 Å². The molecule has 1 aliphatic rings. The van der Waals surface area contributed by atoms with Gasteiger partial charge in [0.05, 0.1) is 9.47 Å². The van der Waals surface area contributed by atoms with Crippen molar-refractivity contribution in [1.29, 1.82) is 0 Å². The van der Waals surface area contributed by atoms with Crippen LogP contribution < -0.4 is 11.1 Å². The Morgan fingerprint density at radius 3 is 2.71 bits per heavy atom. The first kappa shape index (κ1) is 19.1. The second-order valence-corrected chi connectivity index (χ2v) is 9.36. The number of thiophene rings is 1. The lowest BCUT2D eigenvalue weighted by molar-refractivity contribution is 0.0242. The quantitative estimate of drug-likeness (QED) is 0.769. The number of carbonyl (C=O) groups is 2. The Balaban J connectivity index is 2.00. The molecule has 1 aliphatic heterocycles. The van der Waals surface area contributed by atoms with Crippen LogP contribution in [0, 0.1) is 0 Å². The predicted molar refractivity (Wildman–Crippen MR) is 99.3 cm³/mol. The van der Waals surface area contributed by atoms with Crippen LogP contribution in [0.2, 0.25) is 0 Å². The highest BCUT2D eigenvalue weighted by Gasteiger charge is 2.27. The molecule has 1 aromatic heterocycles. The molecule has 134 valence electrons. The Bertz CT molecular complexity index is 612. The average Bonchev–Trinajstić information content (AvgIpc) is 2.66. The summed E-state index contributed by atoms with van der Waals surface area (Å²) in [5, 5.41) is 3.00. The minimum atomic E-state index is -0.528. The maximum atomic E-state index is 12.4. The summed E-state index contributed by atoms with van der Waals surface area (Å²) in [6.07, 6.45) is 2.35. The molecule has 0 saturated carbocycles. The van der Waals surface area contributed by atoms with Crippen molar-refractivity contribution in [2.75, 3.05) is 18.8 Å². The molecule has 2 amide bonds. The number of ether oxygens (including phenoxy) is 1. The third-order valence-electron chi connectivity index (χ3n) is 3.60. The molecule has 1 aromatic rings. The molecular formula is C16H24BrN3O3S. The van der Waals surface area contributed by atoms with E-state index in [1.165, 1.54) is 11.3 Å². The van der Waals surface area contributed by atoms with Gasteiger partial charge in [0.25, 0.3) is 5.91 Å². The highest BCUT2D eigenvalue weighted by atomic mass is 79.9. The van der Waals surface area contributed by atoms with E-state index in [4.69, 9.17) is 10.5 Å². The zero-order valence-electron chi connectivity index (χ0n) is 14.2. The molecule has 3 N–H and O–H groups in total. The lowest BCUT2D eigenvalue weighted by atomic mass is 10.1. The Kier molecular flexibility index (Phi) is 6.14. The molecule has 0 aromatic carbocycles. The average molecular weight is 418 g/mol. The number of likely N-dealkylation sites (tertiary alicyclic amines) is 1. The van der Waals surface area contributed by atoms with E-state index in [9.17, 15) is 9.59 Å². The number of nitrogens with zero attached hydrogens (tertiary/aromatic N) is 1. The first-order valence-electron chi connectivity index (χ1n) is 7.99. The summed E-state index contributed by atoms with van der Waals surface area (Å²) >= 11 is 4.64. The van der Waals surface area contributed by atoms with E-state index in [1.54, 1.807) is 11.0 Å². The van der Waals surface area contributed by atoms with Crippen LogP contribution in [0.5, 0.6) is 0 Å². The maximum Gasteiger partial charge on any atom is 0.410 e. The minimum absolute atomic E-state index is 0.104. The van der Waals surface area contributed by atoms with Crippen LogP contribution in [0.4, 0.5) is 10.5 Å². The van der Waals surface area contributed by atoms with Crippen LogP contribution in [0.25, 0.3) is 0 Å². The standard InChI is InChI=1S/C16H24BrN3O3S/c1-16(2,3)23-15(22)20-7-5-4-6-10(9-20)19-14(21)13-11(18)8-12(17)24-13/h8,10H,4-7,9,18H2,1-3H3,(H,19,21)/t10-/m0/s1. The number of halogens is 1.